The maximum absolute atomic E-state index is 13.0. The molecule has 0 fully saturated rings. The molecule has 8 heteroatoms. The number of hydrogen-bond acceptors (Lipinski definition) is 5. The smallest absolute Gasteiger partial charge is 0.272 e. The molecule has 1 amide bonds. The molecule has 5 nitrogen and oxygen atoms in total. The molecule has 30 heavy (non-hydrogen) atoms. The second kappa shape index (κ2) is 9.04. The first-order chi connectivity index (χ1) is 14.6. The quantitative estimate of drug-likeness (QED) is 0.306. The molecule has 0 saturated heterocycles. The molecule has 2 aromatic heterocycles. The molecular formula is C22H18ClN3O2S2. The number of aromatic nitrogens is 2. The Labute approximate surface area is 186 Å². The van der Waals surface area contributed by atoms with Gasteiger partial charge in [0.15, 0.2) is 5.16 Å². The zero-order valence-corrected chi connectivity index (χ0v) is 18.5. The molecular weight excluding hydrogens is 438 g/mol. The monoisotopic (exact) mass is 455 g/mol. The first-order valence-electron chi connectivity index (χ1n) is 9.33. The maximum Gasteiger partial charge on any atom is 0.272 e. The number of para-hydroxylation sites is 1. The van der Waals surface area contributed by atoms with Crippen LogP contribution in [0.2, 0.25) is 5.02 Å². The van der Waals surface area contributed by atoms with E-state index in [0.29, 0.717) is 32.6 Å². The summed E-state index contributed by atoms with van der Waals surface area (Å²) in [7, 11) is 0. The van der Waals surface area contributed by atoms with Crippen LogP contribution < -0.4 is 10.9 Å². The SMILES string of the molecule is CCn1c(SCC(=O)Nc2ccccc2Cl)nc2c(-c3ccccc3)csc2c1=O. The van der Waals surface area contributed by atoms with E-state index in [9.17, 15) is 9.59 Å². The van der Waals surface area contributed by atoms with Gasteiger partial charge in [0.2, 0.25) is 5.91 Å². The summed E-state index contributed by atoms with van der Waals surface area (Å²) < 4.78 is 2.24. The minimum atomic E-state index is -0.210. The fourth-order valence-corrected chi connectivity index (χ4v) is 5.07. The fraction of sp³-hybridized carbons (Fsp3) is 0.136. The molecule has 2 heterocycles. The molecule has 0 unspecified atom stereocenters. The molecule has 0 atom stereocenters. The standard InChI is InChI=1S/C22H18ClN3O2S2/c1-2-26-21(28)20-19(15(12-29-20)14-8-4-3-5-9-14)25-22(26)30-13-18(27)24-17-11-7-6-10-16(17)23/h3-12H,2,13H2,1H3,(H,24,27). The number of carbonyl (C=O) groups excluding carboxylic acids is 1. The van der Waals surface area contributed by atoms with Gasteiger partial charge in [0, 0.05) is 17.5 Å². The molecule has 4 rings (SSSR count). The molecule has 0 aliphatic carbocycles. The van der Waals surface area contributed by atoms with E-state index < -0.39 is 0 Å². The number of carbonyl (C=O) groups is 1. The lowest BCUT2D eigenvalue weighted by atomic mass is 10.1. The van der Waals surface area contributed by atoms with Crippen LogP contribution in [0.4, 0.5) is 5.69 Å². The summed E-state index contributed by atoms with van der Waals surface area (Å²) in [4.78, 5) is 30.2. The Bertz CT molecular complexity index is 1270. The van der Waals surface area contributed by atoms with Crippen LogP contribution in [-0.4, -0.2) is 21.2 Å². The number of hydrogen-bond donors (Lipinski definition) is 1. The van der Waals surface area contributed by atoms with Crippen molar-refractivity contribution in [3.63, 3.8) is 0 Å². The number of thiophene rings is 1. The van der Waals surface area contributed by atoms with Gasteiger partial charge < -0.3 is 5.32 Å². The normalized spacial score (nSPS) is 11.0. The predicted molar refractivity (Wildman–Crippen MR) is 126 cm³/mol. The van der Waals surface area contributed by atoms with E-state index in [1.165, 1.54) is 23.1 Å². The van der Waals surface area contributed by atoms with Crippen molar-refractivity contribution in [2.24, 2.45) is 0 Å². The van der Waals surface area contributed by atoms with E-state index in [1.807, 2.05) is 42.6 Å². The van der Waals surface area contributed by atoms with Gasteiger partial charge in [-0.3, -0.25) is 14.2 Å². The zero-order valence-electron chi connectivity index (χ0n) is 16.1. The van der Waals surface area contributed by atoms with E-state index >= 15 is 0 Å². The summed E-state index contributed by atoms with van der Waals surface area (Å²) in [5.41, 5.74) is 3.10. The number of anilines is 1. The molecule has 0 bridgehead atoms. The van der Waals surface area contributed by atoms with Gasteiger partial charge in [-0.15, -0.1) is 11.3 Å². The largest absolute Gasteiger partial charge is 0.324 e. The summed E-state index contributed by atoms with van der Waals surface area (Å²) >= 11 is 8.75. The van der Waals surface area contributed by atoms with Crippen molar-refractivity contribution in [1.29, 1.82) is 0 Å². The van der Waals surface area contributed by atoms with Crippen LogP contribution in [0, 0.1) is 0 Å². The Morgan fingerprint density at radius 1 is 1.17 bits per heavy atom. The van der Waals surface area contributed by atoms with E-state index in [-0.39, 0.29) is 17.2 Å². The number of benzene rings is 2. The highest BCUT2D eigenvalue weighted by atomic mass is 35.5. The predicted octanol–water partition coefficient (Wildman–Crippen LogP) is 5.53. The second-order valence-corrected chi connectivity index (χ2v) is 8.68. The lowest BCUT2D eigenvalue weighted by molar-refractivity contribution is -0.113. The van der Waals surface area contributed by atoms with Crippen molar-refractivity contribution in [3.8, 4) is 11.1 Å². The fourth-order valence-electron chi connectivity index (χ4n) is 3.07. The van der Waals surface area contributed by atoms with Crippen LogP contribution in [-0.2, 0) is 11.3 Å². The molecule has 0 aliphatic rings. The zero-order chi connectivity index (χ0) is 21.1. The Balaban J connectivity index is 1.64. The van der Waals surface area contributed by atoms with Crippen molar-refractivity contribution in [1.82, 2.24) is 9.55 Å². The number of nitrogens with one attached hydrogen (secondary N) is 1. The van der Waals surface area contributed by atoms with Crippen molar-refractivity contribution < 1.29 is 4.79 Å². The highest BCUT2D eigenvalue weighted by Gasteiger charge is 2.17. The molecule has 0 saturated carbocycles. The summed E-state index contributed by atoms with van der Waals surface area (Å²) in [6.45, 7) is 2.38. The van der Waals surface area contributed by atoms with Crippen molar-refractivity contribution in [2.75, 3.05) is 11.1 Å². The molecule has 0 aliphatic heterocycles. The molecule has 0 radical (unpaired) electrons. The van der Waals surface area contributed by atoms with E-state index in [2.05, 4.69) is 5.32 Å². The number of rotatable bonds is 6. The third kappa shape index (κ3) is 4.14. The average molecular weight is 456 g/mol. The average Bonchev–Trinajstić information content (AvgIpc) is 3.19. The maximum atomic E-state index is 13.0. The molecule has 4 aromatic rings. The van der Waals surface area contributed by atoms with Crippen molar-refractivity contribution >= 4 is 56.5 Å². The van der Waals surface area contributed by atoms with Gasteiger partial charge in [0.1, 0.15) is 4.70 Å². The van der Waals surface area contributed by atoms with Gasteiger partial charge in [-0.05, 0) is 24.6 Å². The van der Waals surface area contributed by atoms with Crippen LogP contribution in [0.1, 0.15) is 6.92 Å². The van der Waals surface area contributed by atoms with Crippen molar-refractivity contribution in [3.05, 3.63) is 75.4 Å². The number of thioether (sulfide) groups is 1. The third-order valence-electron chi connectivity index (χ3n) is 4.52. The van der Waals surface area contributed by atoms with E-state index in [0.717, 1.165) is 11.1 Å². The van der Waals surface area contributed by atoms with Gasteiger partial charge in [0.25, 0.3) is 5.56 Å². The van der Waals surface area contributed by atoms with E-state index in [1.54, 1.807) is 28.8 Å². The number of nitrogens with zero attached hydrogens (tertiary/aromatic N) is 2. The highest BCUT2D eigenvalue weighted by molar-refractivity contribution is 7.99. The Morgan fingerprint density at radius 2 is 1.90 bits per heavy atom. The van der Waals surface area contributed by atoms with Crippen LogP contribution >= 0.6 is 34.7 Å². The molecule has 1 N–H and O–H groups in total. The summed E-state index contributed by atoms with van der Waals surface area (Å²) in [5, 5.41) is 5.77. The second-order valence-electron chi connectivity index (χ2n) is 6.45. The van der Waals surface area contributed by atoms with Crippen LogP contribution in [0.5, 0.6) is 0 Å². The van der Waals surface area contributed by atoms with E-state index in [4.69, 9.17) is 16.6 Å². The van der Waals surface area contributed by atoms with Crippen LogP contribution in [0.15, 0.2) is 69.9 Å². The first-order valence-corrected chi connectivity index (χ1v) is 11.6. The highest BCUT2D eigenvalue weighted by Crippen LogP contribution is 2.32. The van der Waals surface area contributed by atoms with Crippen molar-refractivity contribution in [2.45, 2.75) is 18.6 Å². The third-order valence-corrected chi connectivity index (χ3v) is 6.79. The Hall–Kier alpha value is -2.61. The summed E-state index contributed by atoms with van der Waals surface area (Å²) in [5.74, 6) is -0.0905. The Morgan fingerprint density at radius 3 is 2.63 bits per heavy atom. The summed E-state index contributed by atoms with van der Waals surface area (Å²) in [6, 6.07) is 16.9. The number of amides is 1. The number of fused-ring (bicyclic) bond motifs is 1. The topological polar surface area (TPSA) is 64.0 Å². The minimum Gasteiger partial charge on any atom is -0.324 e. The van der Waals surface area contributed by atoms with Gasteiger partial charge in [-0.1, -0.05) is 65.8 Å². The van der Waals surface area contributed by atoms with Crippen LogP contribution in [0.3, 0.4) is 0 Å². The minimum absolute atomic E-state index is 0.0799. The Kier molecular flexibility index (Phi) is 6.22. The number of halogens is 1. The van der Waals surface area contributed by atoms with Crippen LogP contribution in [0.25, 0.3) is 21.3 Å². The molecule has 152 valence electrons. The first kappa shape index (κ1) is 20.7. The molecule has 0 spiro atoms. The van der Waals surface area contributed by atoms with Gasteiger partial charge in [0.05, 0.1) is 22.0 Å². The van der Waals surface area contributed by atoms with Gasteiger partial charge in [-0.2, -0.15) is 0 Å². The van der Waals surface area contributed by atoms with Gasteiger partial charge >= 0.3 is 0 Å². The lowest BCUT2D eigenvalue weighted by Gasteiger charge is -2.11. The lowest BCUT2D eigenvalue weighted by Crippen LogP contribution is -2.23. The summed E-state index contributed by atoms with van der Waals surface area (Å²) in [6.07, 6.45) is 0. The van der Waals surface area contributed by atoms with Gasteiger partial charge in [-0.25, -0.2) is 4.98 Å². The molecule has 2 aromatic carbocycles.